The smallest absolute Gasteiger partial charge is 0.284 e. The van der Waals surface area contributed by atoms with E-state index < -0.39 is 17.5 Å². The highest BCUT2D eigenvalue weighted by molar-refractivity contribution is 6.04. The number of carbonyl (C=O) groups excluding carboxylic acids is 1. The zero-order valence-electron chi connectivity index (χ0n) is 15.5. The van der Waals surface area contributed by atoms with Crippen LogP contribution >= 0.6 is 0 Å². The van der Waals surface area contributed by atoms with Crippen LogP contribution in [0.4, 0.5) is 14.6 Å². The number of amides is 1. The van der Waals surface area contributed by atoms with Gasteiger partial charge in [0.15, 0.2) is 5.82 Å². The highest BCUT2D eigenvalue weighted by Crippen LogP contribution is 2.14. The topological polar surface area (TPSA) is 89.4 Å². The number of hydrogen-bond donors (Lipinski definition) is 1. The molecule has 3 aromatic rings. The molecule has 0 aliphatic heterocycles. The number of aromatic nitrogens is 3. The second kappa shape index (κ2) is 9.45. The molecule has 0 fully saturated rings. The molecule has 3 aromatic heterocycles. The van der Waals surface area contributed by atoms with Crippen molar-refractivity contribution in [2.75, 3.05) is 5.32 Å². The van der Waals surface area contributed by atoms with Crippen molar-refractivity contribution in [2.45, 2.75) is 19.8 Å². The lowest BCUT2D eigenvalue weighted by Gasteiger charge is -2.07. The van der Waals surface area contributed by atoms with Crippen molar-refractivity contribution in [2.24, 2.45) is 5.16 Å². The van der Waals surface area contributed by atoms with Crippen LogP contribution in [0.5, 0.6) is 5.88 Å². The van der Waals surface area contributed by atoms with Crippen LogP contribution in [0, 0.1) is 18.6 Å². The third-order valence-electron chi connectivity index (χ3n) is 3.90. The van der Waals surface area contributed by atoms with Crippen LogP contribution in [0.3, 0.4) is 0 Å². The van der Waals surface area contributed by atoms with E-state index in [9.17, 15) is 13.6 Å². The minimum Gasteiger partial charge on any atom is -0.334 e. The summed E-state index contributed by atoms with van der Waals surface area (Å²) in [7, 11) is 0. The number of oxime groups is 1. The molecule has 0 unspecified atom stereocenters. The number of nitrogens with one attached hydrogen (secondary N) is 1. The van der Waals surface area contributed by atoms with Crippen LogP contribution in [-0.4, -0.2) is 27.1 Å². The average molecular weight is 397 g/mol. The van der Waals surface area contributed by atoms with Crippen molar-refractivity contribution in [3.05, 3.63) is 77.4 Å². The summed E-state index contributed by atoms with van der Waals surface area (Å²) in [6.45, 7) is 1.83. The summed E-state index contributed by atoms with van der Waals surface area (Å²) in [6, 6.07) is 5.95. The predicted octanol–water partition coefficient (Wildman–Crippen LogP) is 3.71. The summed E-state index contributed by atoms with van der Waals surface area (Å²) in [6.07, 6.45) is 8.18. The van der Waals surface area contributed by atoms with Crippen LogP contribution in [0.15, 0.2) is 54.2 Å². The second-order valence-corrected chi connectivity index (χ2v) is 6.05. The Balaban J connectivity index is 1.48. The van der Waals surface area contributed by atoms with Crippen LogP contribution < -0.4 is 10.2 Å². The molecule has 3 heterocycles. The van der Waals surface area contributed by atoms with Gasteiger partial charge in [0, 0.05) is 30.9 Å². The van der Waals surface area contributed by atoms with Gasteiger partial charge in [0.25, 0.3) is 11.8 Å². The van der Waals surface area contributed by atoms with E-state index in [0.717, 1.165) is 17.3 Å². The number of halogens is 2. The van der Waals surface area contributed by atoms with Crippen LogP contribution in [0.2, 0.25) is 0 Å². The molecule has 9 heteroatoms. The van der Waals surface area contributed by atoms with Gasteiger partial charge in [0.1, 0.15) is 11.6 Å². The first-order chi connectivity index (χ1) is 14.0. The molecule has 0 saturated heterocycles. The molecule has 1 amide bonds. The molecule has 0 saturated carbocycles. The SMILES string of the molecule is Cc1ccncc1C(=O)Nc1ccc(CC/C=N/Oc2ncc(F)cc2F)cn1. The maximum atomic E-state index is 13.3. The molecule has 7 nitrogen and oxygen atoms in total. The van der Waals surface area contributed by atoms with E-state index in [-0.39, 0.29) is 5.91 Å². The number of pyridine rings is 3. The molecule has 1 N–H and O–H groups in total. The van der Waals surface area contributed by atoms with Gasteiger partial charge in [-0.2, -0.15) is 0 Å². The van der Waals surface area contributed by atoms with Gasteiger partial charge in [0.2, 0.25) is 0 Å². The minimum atomic E-state index is -0.925. The quantitative estimate of drug-likeness (QED) is 0.485. The Labute approximate surface area is 165 Å². The molecule has 0 spiro atoms. The van der Waals surface area contributed by atoms with Gasteiger partial charge in [-0.15, -0.1) is 0 Å². The van der Waals surface area contributed by atoms with E-state index in [2.05, 4.69) is 25.4 Å². The first-order valence-corrected chi connectivity index (χ1v) is 8.69. The van der Waals surface area contributed by atoms with Gasteiger partial charge < -0.3 is 10.2 Å². The predicted molar refractivity (Wildman–Crippen MR) is 103 cm³/mol. The normalized spacial score (nSPS) is 10.9. The van der Waals surface area contributed by atoms with Gasteiger partial charge in [-0.25, -0.2) is 18.7 Å². The van der Waals surface area contributed by atoms with Crippen molar-refractivity contribution < 1.29 is 18.4 Å². The largest absolute Gasteiger partial charge is 0.334 e. The summed E-state index contributed by atoms with van der Waals surface area (Å²) >= 11 is 0. The third kappa shape index (κ3) is 5.61. The summed E-state index contributed by atoms with van der Waals surface area (Å²) in [5, 5.41) is 6.34. The van der Waals surface area contributed by atoms with Crippen molar-refractivity contribution in [1.29, 1.82) is 0 Å². The van der Waals surface area contributed by atoms with Crippen molar-refractivity contribution in [1.82, 2.24) is 15.0 Å². The molecule has 0 bridgehead atoms. The van der Waals surface area contributed by atoms with Crippen LogP contribution in [0.25, 0.3) is 0 Å². The fraction of sp³-hybridized carbons (Fsp3) is 0.150. The molecule has 0 aliphatic rings. The maximum absolute atomic E-state index is 13.3. The first-order valence-electron chi connectivity index (χ1n) is 8.69. The molecule has 0 aromatic carbocycles. The Bertz CT molecular complexity index is 1030. The number of aryl methyl sites for hydroxylation is 2. The van der Waals surface area contributed by atoms with Crippen molar-refractivity contribution in [3.8, 4) is 5.88 Å². The standard InChI is InChI=1S/C20H17F2N5O2/c1-13-6-8-23-12-16(13)19(28)27-18-5-4-14(10-24-18)3-2-7-26-29-20-17(22)9-15(21)11-25-20/h4-12H,2-3H2,1H3,(H,24,27,28)/b26-7+. The lowest BCUT2D eigenvalue weighted by atomic mass is 10.1. The molecular weight excluding hydrogens is 380 g/mol. The fourth-order valence-corrected chi connectivity index (χ4v) is 2.37. The van der Waals surface area contributed by atoms with Gasteiger partial charge in [-0.1, -0.05) is 11.2 Å². The highest BCUT2D eigenvalue weighted by atomic mass is 19.1. The molecule has 29 heavy (non-hydrogen) atoms. The zero-order valence-corrected chi connectivity index (χ0v) is 15.5. The number of rotatable bonds is 7. The van der Waals surface area contributed by atoms with Crippen LogP contribution in [-0.2, 0) is 6.42 Å². The number of anilines is 1. The molecule has 0 aliphatic carbocycles. The number of nitrogens with zero attached hydrogens (tertiary/aromatic N) is 4. The maximum Gasteiger partial charge on any atom is 0.284 e. The summed E-state index contributed by atoms with van der Waals surface area (Å²) in [4.78, 5) is 28.7. The van der Waals surface area contributed by atoms with E-state index in [1.54, 1.807) is 24.5 Å². The van der Waals surface area contributed by atoms with E-state index in [4.69, 9.17) is 4.84 Å². The molecular formula is C20H17F2N5O2. The highest BCUT2D eigenvalue weighted by Gasteiger charge is 2.10. The van der Waals surface area contributed by atoms with Crippen LogP contribution in [0.1, 0.15) is 27.9 Å². The van der Waals surface area contributed by atoms with E-state index >= 15 is 0 Å². The van der Waals surface area contributed by atoms with Gasteiger partial charge in [0.05, 0.1) is 11.8 Å². The molecule has 148 valence electrons. The zero-order chi connectivity index (χ0) is 20.6. The summed E-state index contributed by atoms with van der Waals surface area (Å²) in [5.41, 5.74) is 2.23. The Kier molecular flexibility index (Phi) is 6.51. The Morgan fingerprint density at radius 2 is 2.07 bits per heavy atom. The average Bonchev–Trinajstić information content (AvgIpc) is 2.70. The number of carbonyl (C=O) groups is 1. The van der Waals surface area contributed by atoms with E-state index in [1.807, 2.05) is 13.0 Å². The summed E-state index contributed by atoms with van der Waals surface area (Å²) < 4.78 is 26.1. The van der Waals surface area contributed by atoms with Gasteiger partial charge in [-0.3, -0.25) is 9.78 Å². The van der Waals surface area contributed by atoms with Crippen molar-refractivity contribution >= 4 is 17.9 Å². The number of hydrogen-bond acceptors (Lipinski definition) is 6. The molecule has 0 atom stereocenters. The van der Waals surface area contributed by atoms with Gasteiger partial charge >= 0.3 is 0 Å². The Morgan fingerprint density at radius 1 is 1.21 bits per heavy atom. The van der Waals surface area contributed by atoms with E-state index in [0.29, 0.717) is 30.3 Å². The first kappa shape index (κ1) is 20.0. The lowest BCUT2D eigenvalue weighted by molar-refractivity contribution is 0.102. The second-order valence-electron chi connectivity index (χ2n) is 6.05. The van der Waals surface area contributed by atoms with Crippen molar-refractivity contribution in [3.63, 3.8) is 0 Å². The fourth-order valence-electron chi connectivity index (χ4n) is 2.37. The van der Waals surface area contributed by atoms with E-state index in [1.165, 1.54) is 12.4 Å². The van der Waals surface area contributed by atoms with Gasteiger partial charge in [-0.05, 0) is 43.0 Å². The Hall–Kier alpha value is -3.75. The monoisotopic (exact) mass is 397 g/mol. The Morgan fingerprint density at radius 3 is 2.79 bits per heavy atom. The minimum absolute atomic E-state index is 0.276. The summed E-state index contributed by atoms with van der Waals surface area (Å²) in [5.74, 6) is -1.96. The molecule has 3 rings (SSSR count). The lowest BCUT2D eigenvalue weighted by Crippen LogP contribution is -2.14. The third-order valence-corrected chi connectivity index (χ3v) is 3.90. The molecule has 0 radical (unpaired) electrons.